The van der Waals surface area contributed by atoms with Crippen LogP contribution in [-0.2, 0) is 0 Å². The van der Waals surface area contributed by atoms with Gasteiger partial charge in [0.2, 0.25) is 0 Å². The summed E-state index contributed by atoms with van der Waals surface area (Å²) in [6.45, 7) is 1.92. The van der Waals surface area contributed by atoms with Crippen molar-refractivity contribution in [1.82, 2.24) is 15.0 Å². The molecule has 0 bridgehead atoms. The predicted octanol–water partition coefficient (Wildman–Crippen LogP) is 4.37. The van der Waals surface area contributed by atoms with Crippen LogP contribution in [0, 0.1) is 6.92 Å². The molecule has 0 N–H and O–H groups in total. The van der Waals surface area contributed by atoms with E-state index in [0.717, 1.165) is 21.3 Å². The van der Waals surface area contributed by atoms with Gasteiger partial charge in [0.05, 0.1) is 15.9 Å². The Morgan fingerprint density at radius 2 is 2.00 bits per heavy atom. The summed E-state index contributed by atoms with van der Waals surface area (Å²) in [6, 6.07) is 3.64. The fourth-order valence-corrected chi connectivity index (χ4v) is 2.65. The van der Waals surface area contributed by atoms with E-state index < -0.39 is 0 Å². The van der Waals surface area contributed by atoms with E-state index in [0.29, 0.717) is 16.0 Å². The SMILES string of the molecule is Cc1c(Cl)ccc2c(Cl)nc(-c3cncs3)nc12. The number of hydrogen-bond donors (Lipinski definition) is 0. The third kappa shape index (κ3) is 1.86. The summed E-state index contributed by atoms with van der Waals surface area (Å²) in [5.41, 5.74) is 3.43. The monoisotopic (exact) mass is 295 g/mol. The van der Waals surface area contributed by atoms with Crippen molar-refractivity contribution >= 4 is 45.4 Å². The summed E-state index contributed by atoms with van der Waals surface area (Å²) >= 11 is 13.8. The minimum absolute atomic E-state index is 0.433. The third-order valence-electron chi connectivity index (χ3n) is 2.66. The van der Waals surface area contributed by atoms with E-state index in [2.05, 4.69) is 15.0 Å². The highest BCUT2D eigenvalue weighted by Gasteiger charge is 2.12. The molecule has 3 rings (SSSR count). The van der Waals surface area contributed by atoms with Crippen LogP contribution < -0.4 is 0 Å². The van der Waals surface area contributed by atoms with Crippen molar-refractivity contribution < 1.29 is 0 Å². The molecule has 3 aromatic rings. The van der Waals surface area contributed by atoms with E-state index in [-0.39, 0.29) is 0 Å². The first-order valence-corrected chi connectivity index (χ1v) is 6.81. The molecule has 18 heavy (non-hydrogen) atoms. The lowest BCUT2D eigenvalue weighted by Crippen LogP contribution is -1.93. The van der Waals surface area contributed by atoms with Crippen LogP contribution in [0.25, 0.3) is 21.6 Å². The fraction of sp³-hybridized carbons (Fsp3) is 0.0833. The summed E-state index contributed by atoms with van der Waals surface area (Å²) in [5, 5.41) is 1.92. The zero-order valence-corrected chi connectivity index (χ0v) is 11.6. The molecule has 0 atom stereocenters. The van der Waals surface area contributed by atoms with Crippen LogP contribution in [0.1, 0.15) is 5.56 Å². The Morgan fingerprint density at radius 3 is 2.72 bits per heavy atom. The standard InChI is InChI=1S/C12H7Cl2N3S/c1-6-8(13)3-2-7-10(6)16-12(17-11(7)14)9-4-15-5-18-9/h2-5H,1H3. The summed E-state index contributed by atoms with van der Waals surface area (Å²) < 4.78 is 0. The average Bonchev–Trinajstić information content (AvgIpc) is 2.88. The zero-order valence-electron chi connectivity index (χ0n) is 9.32. The van der Waals surface area contributed by atoms with Gasteiger partial charge in [0, 0.05) is 16.6 Å². The van der Waals surface area contributed by atoms with Crippen LogP contribution in [0.3, 0.4) is 0 Å². The number of benzene rings is 1. The van der Waals surface area contributed by atoms with Crippen molar-refractivity contribution in [2.24, 2.45) is 0 Å². The van der Waals surface area contributed by atoms with Gasteiger partial charge in [0.15, 0.2) is 5.82 Å². The Hall–Kier alpha value is -1.23. The molecule has 2 heterocycles. The highest BCUT2D eigenvalue weighted by molar-refractivity contribution is 7.13. The predicted molar refractivity (Wildman–Crippen MR) is 75.4 cm³/mol. The molecule has 2 aromatic heterocycles. The topological polar surface area (TPSA) is 38.7 Å². The zero-order chi connectivity index (χ0) is 12.7. The molecule has 0 aliphatic rings. The summed E-state index contributed by atoms with van der Waals surface area (Å²) in [5.74, 6) is 0.584. The molecule has 0 aliphatic heterocycles. The van der Waals surface area contributed by atoms with Gasteiger partial charge >= 0.3 is 0 Å². The van der Waals surface area contributed by atoms with Gasteiger partial charge < -0.3 is 0 Å². The Labute approximate surface area is 117 Å². The van der Waals surface area contributed by atoms with Crippen molar-refractivity contribution in [3.05, 3.63) is 39.6 Å². The fourth-order valence-electron chi connectivity index (χ4n) is 1.71. The van der Waals surface area contributed by atoms with Crippen LogP contribution >= 0.6 is 34.5 Å². The van der Waals surface area contributed by atoms with E-state index in [4.69, 9.17) is 23.2 Å². The Morgan fingerprint density at radius 1 is 1.17 bits per heavy atom. The second kappa shape index (κ2) is 4.46. The van der Waals surface area contributed by atoms with Crippen molar-refractivity contribution in [3.8, 4) is 10.7 Å². The molecule has 3 nitrogen and oxygen atoms in total. The molecule has 0 radical (unpaired) electrons. The number of nitrogens with zero attached hydrogens (tertiary/aromatic N) is 3. The van der Waals surface area contributed by atoms with Gasteiger partial charge in [-0.3, -0.25) is 4.98 Å². The van der Waals surface area contributed by atoms with Crippen molar-refractivity contribution in [3.63, 3.8) is 0 Å². The lowest BCUT2D eigenvalue weighted by molar-refractivity contribution is 1.22. The first kappa shape index (κ1) is 11.8. The van der Waals surface area contributed by atoms with Crippen LogP contribution in [0.15, 0.2) is 23.8 Å². The molecule has 0 saturated carbocycles. The lowest BCUT2D eigenvalue weighted by atomic mass is 10.1. The van der Waals surface area contributed by atoms with Gasteiger partial charge in [-0.1, -0.05) is 23.2 Å². The molecular weight excluding hydrogens is 289 g/mol. The van der Waals surface area contributed by atoms with Crippen molar-refractivity contribution in [2.75, 3.05) is 0 Å². The van der Waals surface area contributed by atoms with E-state index in [1.807, 2.05) is 13.0 Å². The van der Waals surface area contributed by atoms with Crippen molar-refractivity contribution in [1.29, 1.82) is 0 Å². The second-order valence-electron chi connectivity index (χ2n) is 3.77. The quantitative estimate of drug-likeness (QED) is 0.626. The third-order valence-corrected chi connectivity index (χ3v) is 4.13. The van der Waals surface area contributed by atoms with E-state index in [1.165, 1.54) is 11.3 Å². The van der Waals surface area contributed by atoms with Gasteiger partial charge in [0.25, 0.3) is 0 Å². The normalized spacial score (nSPS) is 11.1. The van der Waals surface area contributed by atoms with Crippen LogP contribution in [0.4, 0.5) is 0 Å². The highest BCUT2D eigenvalue weighted by Crippen LogP contribution is 2.30. The summed E-state index contributed by atoms with van der Waals surface area (Å²) in [7, 11) is 0. The molecule has 0 amide bonds. The maximum Gasteiger partial charge on any atom is 0.173 e. The van der Waals surface area contributed by atoms with Crippen molar-refractivity contribution in [2.45, 2.75) is 6.92 Å². The number of hydrogen-bond acceptors (Lipinski definition) is 4. The number of halogens is 2. The number of aromatic nitrogens is 3. The maximum atomic E-state index is 6.19. The van der Waals surface area contributed by atoms with Gasteiger partial charge in [-0.05, 0) is 24.6 Å². The Kier molecular flexibility index (Phi) is 2.93. The van der Waals surface area contributed by atoms with Gasteiger partial charge in [0.1, 0.15) is 5.15 Å². The first-order chi connectivity index (χ1) is 8.66. The van der Waals surface area contributed by atoms with E-state index in [9.17, 15) is 0 Å². The molecule has 90 valence electrons. The number of rotatable bonds is 1. The largest absolute Gasteiger partial charge is 0.252 e. The minimum atomic E-state index is 0.433. The van der Waals surface area contributed by atoms with E-state index in [1.54, 1.807) is 17.8 Å². The molecule has 0 spiro atoms. The number of aryl methyl sites for hydroxylation is 1. The van der Waals surface area contributed by atoms with Crippen LogP contribution in [-0.4, -0.2) is 15.0 Å². The van der Waals surface area contributed by atoms with Crippen LogP contribution in [0.2, 0.25) is 10.2 Å². The number of fused-ring (bicyclic) bond motifs is 1. The second-order valence-corrected chi connectivity index (χ2v) is 5.42. The number of thiazole rings is 1. The molecular formula is C12H7Cl2N3S. The highest BCUT2D eigenvalue weighted by atomic mass is 35.5. The molecule has 0 saturated heterocycles. The Balaban J connectivity index is 2.35. The van der Waals surface area contributed by atoms with Gasteiger partial charge in [-0.15, -0.1) is 11.3 Å². The molecule has 0 aliphatic carbocycles. The smallest absolute Gasteiger partial charge is 0.173 e. The molecule has 6 heteroatoms. The molecule has 0 unspecified atom stereocenters. The summed E-state index contributed by atoms with van der Waals surface area (Å²) in [6.07, 6.45) is 1.72. The minimum Gasteiger partial charge on any atom is -0.252 e. The van der Waals surface area contributed by atoms with Gasteiger partial charge in [-0.25, -0.2) is 9.97 Å². The average molecular weight is 296 g/mol. The molecule has 1 aromatic carbocycles. The lowest BCUT2D eigenvalue weighted by Gasteiger charge is -2.06. The maximum absolute atomic E-state index is 6.19. The molecule has 0 fully saturated rings. The van der Waals surface area contributed by atoms with E-state index >= 15 is 0 Å². The van der Waals surface area contributed by atoms with Gasteiger partial charge in [-0.2, -0.15) is 0 Å². The summed E-state index contributed by atoms with van der Waals surface area (Å²) in [4.78, 5) is 13.7. The van der Waals surface area contributed by atoms with Crippen LogP contribution in [0.5, 0.6) is 0 Å². The first-order valence-electron chi connectivity index (χ1n) is 5.18. The Bertz CT molecular complexity index is 726.